The van der Waals surface area contributed by atoms with Gasteiger partial charge in [-0.3, -0.25) is 0 Å². The minimum Gasteiger partial charge on any atom is -0.159 e. The van der Waals surface area contributed by atoms with Crippen LogP contribution in [0.2, 0.25) is 0 Å². The Balaban J connectivity index is 1.53. The molecular weight excluding hydrogens is 316 g/mol. The van der Waals surface area contributed by atoms with Gasteiger partial charge in [0.25, 0.3) is 0 Å². The third-order valence-electron chi connectivity index (χ3n) is 5.70. The molecule has 0 unspecified atom stereocenters. The van der Waals surface area contributed by atoms with Crippen LogP contribution in [0.1, 0.15) is 74.1 Å². The Kier molecular flexibility index (Phi) is 6.76. The van der Waals surface area contributed by atoms with Crippen LogP contribution in [0.4, 0.5) is 0 Å². The maximum Gasteiger partial charge on any atom is 0.0568 e. The summed E-state index contributed by atoms with van der Waals surface area (Å²) >= 11 is 0. The van der Waals surface area contributed by atoms with Gasteiger partial charge in [0.15, 0.2) is 0 Å². The Hall–Kier alpha value is -2.22. The molecule has 1 fully saturated rings. The van der Waals surface area contributed by atoms with Gasteiger partial charge in [0.05, 0.1) is 12.4 Å². The highest BCUT2D eigenvalue weighted by Gasteiger charge is 2.20. The molecule has 0 atom stereocenters. The van der Waals surface area contributed by atoms with E-state index in [1.807, 2.05) is 6.21 Å². The predicted octanol–water partition coefficient (Wildman–Crippen LogP) is 6.39. The molecule has 0 amide bonds. The lowest BCUT2D eigenvalue weighted by molar-refractivity contribution is 0.319. The van der Waals surface area contributed by atoms with Gasteiger partial charge in [-0.25, -0.2) is 0 Å². The summed E-state index contributed by atoms with van der Waals surface area (Å²) < 4.78 is 0. The maximum atomic E-state index is 4.19. The second kappa shape index (κ2) is 9.47. The largest absolute Gasteiger partial charge is 0.159 e. The summed E-state index contributed by atoms with van der Waals surface area (Å²) in [4.78, 5) is 0. The molecule has 3 rings (SSSR count). The molecule has 1 aliphatic carbocycles. The van der Waals surface area contributed by atoms with Crippen molar-refractivity contribution in [2.24, 2.45) is 16.1 Å². The highest BCUT2D eigenvalue weighted by Crippen LogP contribution is 2.36. The van der Waals surface area contributed by atoms with E-state index in [9.17, 15) is 0 Å². The van der Waals surface area contributed by atoms with Gasteiger partial charge < -0.3 is 0 Å². The van der Waals surface area contributed by atoms with Crippen molar-refractivity contribution in [2.45, 2.75) is 58.3 Å². The van der Waals surface area contributed by atoms with Crippen LogP contribution in [0.25, 0.3) is 0 Å². The van der Waals surface area contributed by atoms with Crippen molar-refractivity contribution < 1.29 is 0 Å². The van der Waals surface area contributed by atoms with E-state index in [2.05, 4.69) is 72.6 Å². The Morgan fingerprint density at radius 1 is 0.769 bits per heavy atom. The monoisotopic (exact) mass is 346 g/mol. The first-order chi connectivity index (χ1) is 12.8. The average molecular weight is 347 g/mol. The minimum atomic E-state index is 0.743. The molecule has 0 spiro atoms. The fourth-order valence-corrected chi connectivity index (χ4v) is 3.80. The number of rotatable bonds is 6. The van der Waals surface area contributed by atoms with Crippen LogP contribution < -0.4 is 0 Å². The van der Waals surface area contributed by atoms with Crippen molar-refractivity contribution in [3.8, 4) is 0 Å². The quantitative estimate of drug-likeness (QED) is 0.428. The highest BCUT2D eigenvalue weighted by molar-refractivity contribution is 5.82. The van der Waals surface area contributed by atoms with Crippen LogP contribution in [-0.2, 0) is 6.42 Å². The third kappa shape index (κ3) is 5.14. The zero-order valence-corrected chi connectivity index (χ0v) is 16.1. The molecule has 1 aliphatic rings. The lowest BCUT2D eigenvalue weighted by Gasteiger charge is -2.28. The van der Waals surface area contributed by atoms with Crippen LogP contribution in [0, 0.1) is 5.92 Å². The summed E-state index contributed by atoms with van der Waals surface area (Å²) in [6, 6.07) is 17.3. The van der Waals surface area contributed by atoms with Gasteiger partial charge >= 0.3 is 0 Å². The van der Waals surface area contributed by atoms with Crippen LogP contribution >= 0.6 is 0 Å². The molecule has 0 aromatic heterocycles. The average Bonchev–Trinajstić information content (AvgIpc) is 2.72. The molecule has 0 N–H and O–H groups in total. The first kappa shape index (κ1) is 18.6. The van der Waals surface area contributed by atoms with Crippen molar-refractivity contribution in [3.05, 3.63) is 70.8 Å². The number of hydrogen-bond acceptors (Lipinski definition) is 2. The van der Waals surface area contributed by atoms with E-state index in [0.29, 0.717) is 0 Å². The minimum absolute atomic E-state index is 0.743. The molecule has 2 aromatic carbocycles. The topological polar surface area (TPSA) is 24.7 Å². The smallest absolute Gasteiger partial charge is 0.0568 e. The molecule has 2 heteroatoms. The molecule has 1 saturated carbocycles. The highest BCUT2D eigenvalue weighted by atomic mass is 15.2. The molecule has 2 aromatic rings. The normalized spacial score (nSPS) is 20.8. The number of benzene rings is 2. The van der Waals surface area contributed by atoms with Gasteiger partial charge in [0.2, 0.25) is 0 Å². The Morgan fingerprint density at radius 2 is 1.31 bits per heavy atom. The molecular formula is C24H30N2. The van der Waals surface area contributed by atoms with Gasteiger partial charge in [0.1, 0.15) is 0 Å². The second-order valence-electron chi connectivity index (χ2n) is 7.38. The van der Waals surface area contributed by atoms with E-state index >= 15 is 0 Å². The Labute approximate surface area is 158 Å². The fraction of sp³-hybridized carbons (Fsp3) is 0.417. The summed E-state index contributed by atoms with van der Waals surface area (Å²) in [6.07, 6.45) is 11.5. The molecule has 136 valence electrons. The van der Waals surface area contributed by atoms with Gasteiger partial charge in [-0.15, -0.1) is 0 Å². The molecule has 2 nitrogen and oxygen atoms in total. The lowest BCUT2D eigenvalue weighted by atomic mass is 9.78. The summed E-state index contributed by atoms with van der Waals surface area (Å²) in [5.41, 5.74) is 5.01. The van der Waals surface area contributed by atoms with Crippen molar-refractivity contribution in [2.75, 3.05) is 0 Å². The maximum absolute atomic E-state index is 4.19. The number of nitrogens with zero attached hydrogens (tertiary/aromatic N) is 2. The molecule has 0 bridgehead atoms. The van der Waals surface area contributed by atoms with Crippen molar-refractivity contribution in [3.63, 3.8) is 0 Å². The van der Waals surface area contributed by atoms with Crippen LogP contribution in [-0.4, -0.2) is 12.4 Å². The van der Waals surface area contributed by atoms with Gasteiger partial charge in [-0.1, -0.05) is 68.8 Å². The van der Waals surface area contributed by atoms with E-state index in [4.69, 9.17) is 0 Å². The molecule has 0 radical (unpaired) electrons. The van der Waals surface area contributed by atoms with Crippen molar-refractivity contribution in [1.82, 2.24) is 0 Å². The van der Waals surface area contributed by atoms with Gasteiger partial charge in [0, 0.05) is 0 Å². The van der Waals surface area contributed by atoms with E-state index in [0.717, 1.165) is 29.4 Å². The van der Waals surface area contributed by atoms with E-state index in [1.54, 1.807) is 6.21 Å². The third-order valence-corrected chi connectivity index (χ3v) is 5.70. The zero-order valence-electron chi connectivity index (χ0n) is 16.1. The van der Waals surface area contributed by atoms with Crippen molar-refractivity contribution >= 4 is 12.4 Å². The molecule has 26 heavy (non-hydrogen) atoms. The lowest BCUT2D eigenvalue weighted by Crippen LogP contribution is -2.12. The molecule has 0 saturated heterocycles. The Bertz CT molecular complexity index is 718. The fourth-order valence-electron chi connectivity index (χ4n) is 3.80. The zero-order chi connectivity index (χ0) is 18.2. The molecule has 0 aliphatic heterocycles. The standard InChI is InChI=1S/C24H30N2/c1-3-19-5-7-21(8-6-19)17-25-26-18-22-11-15-24(16-12-22)23-13-9-20(4-2)10-14-23/h5-8,11-12,15-18,20,23H,3-4,9-10,13-14H2,1-2H3/b25-17+,26-18+. The van der Waals surface area contributed by atoms with Crippen LogP contribution in [0.5, 0.6) is 0 Å². The Morgan fingerprint density at radius 3 is 1.81 bits per heavy atom. The SMILES string of the molecule is CCc1ccc(/C=N/N=C/c2ccc(C3CCC(CC)CC3)cc2)cc1. The number of hydrogen-bond donors (Lipinski definition) is 0. The second-order valence-corrected chi connectivity index (χ2v) is 7.38. The first-order valence-electron chi connectivity index (χ1n) is 10.0. The van der Waals surface area contributed by atoms with Crippen LogP contribution in [0.15, 0.2) is 58.7 Å². The van der Waals surface area contributed by atoms with Gasteiger partial charge in [-0.2, -0.15) is 10.2 Å². The molecule has 0 heterocycles. The summed E-state index contributed by atoms with van der Waals surface area (Å²) in [7, 11) is 0. The first-order valence-corrected chi connectivity index (χ1v) is 10.0. The van der Waals surface area contributed by atoms with E-state index in [1.165, 1.54) is 43.2 Å². The van der Waals surface area contributed by atoms with Crippen molar-refractivity contribution in [1.29, 1.82) is 0 Å². The summed E-state index contributed by atoms with van der Waals surface area (Å²) in [5.74, 6) is 1.70. The van der Waals surface area contributed by atoms with E-state index < -0.39 is 0 Å². The van der Waals surface area contributed by atoms with Gasteiger partial charge in [-0.05, 0) is 66.2 Å². The summed E-state index contributed by atoms with van der Waals surface area (Å²) in [5, 5.41) is 8.35. The van der Waals surface area contributed by atoms with Crippen LogP contribution in [0.3, 0.4) is 0 Å². The predicted molar refractivity (Wildman–Crippen MR) is 112 cm³/mol. The van der Waals surface area contributed by atoms with E-state index in [-0.39, 0.29) is 0 Å². The summed E-state index contributed by atoms with van der Waals surface area (Å²) in [6.45, 7) is 4.48. The number of aryl methyl sites for hydroxylation is 1.